The molecule has 3 atom stereocenters. The minimum absolute atomic E-state index is 0.0120. The van der Waals surface area contributed by atoms with Gasteiger partial charge in [-0.15, -0.1) is 0 Å². The van der Waals surface area contributed by atoms with E-state index in [1.807, 2.05) is 31.2 Å². The first-order valence-electron chi connectivity index (χ1n) is 6.85. The molecule has 96 valence electrons. The molecule has 2 aliphatic rings. The van der Waals surface area contributed by atoms with Crippen LogP contribution >= 0.6 is 0 Å². The number of hydrogen-bond acceptors (Lipinski definition) is 2. The van der Waals surface area contributed by atoms with Crippen LogP contribution in [0.2, 0.25) is 0 Å². The predicted molar refractivity (Wildman–Crippen MR) is 72.4 cm³/mol. The first-order valence-corrected chi connectivity index (χ1v) is 6.85. The van der Waals surface area contributed by atoms with Crippen molar-refractivity contribution in [3.05, 3.63) is 29.8 Å². The molecule has 2 fully saturated rings. The molecule has 0 aromatic heterocycles. The second-order valence-electron chi connectivity index (χ2n) is 5.60. The molecule has 1 aliphatic carbocycles. The summed E-state index contributed by atoms with van der Waals surface area (Å²) in [5.74, 6) is 1.41. The fraction of sp³-hybridized carbons (Fsp3) is 0.533. The molecule has 3 nitrogen and oxygen atoms in total. The van der Waals surface area contributed by atoms with Gasteiger partial charge >= 0.3 is 0 Å². The molecule has 3 unspecified atom stereocenters. The SMILES string of the molecule is Cc1cccc(NC(=O)C2NCC3CCCC32)c1. The molecule has 1 amide bonds. The number of hydrogen-bond donors (Lipinski definition) is 2. The van der Waals surface area contributed by atoms with Gasteiger partial charge in [-0.3, -0.25) is 4.79 Å². The highest BCUT2D eigenvalue weighted by molar-refractivity contribution is 5.95. The van der Waals surface area contributed by atoms with E-state index in [2.05, 4.69) is 10.6 Å². The van der Waals surface area contributed by atoms with E-state index in [0.717, 1.165) is 18.2 Å². The number of aryl methyl sites for hydroxylation is 1. The van der Waals surface area contributed by atoms with Gasteiger partial charge in [0.2, 0.25) is 5.91 Å². The van der Waals surface area contributed by atoms with E-state index in [4.69, 9.17) is 0 Å². The lowest BCUT2D eigenvalue weighted by molar-refractivity contribution is -0.118. The van der Waals surface area contributed by atoms with Crippen molar-refractivity contribution in [1.82, 2.24) is 5.32 Å². The second kappa shape index (κ2) is 4.73. The third-order valence-corrected chi connectivity index (χ3v) is 4.31. The standard InChI is InChI=1S/C15H20N2O/c1-10-4-2-6-12(8-10)17-15(18)14-13-7-3-5-11(13)9-16-14/h2,4,6,8,11,13-14,16H,3,5,7,9H2,1H3,(H,17,18). The Labute approximate surface area is 108 Å². The topological polar surface area (TPSA) is 41.1 Å². The highest BCUT2D eigenvalue weighted by Crippen LogP contribution is 2.37. The predicted octanol–water partition coefficient (Wildman–Crippen LogP) is 2.32. The van der Waals surface area contributed by atoms with Gasteiger partial charge in [-0.05, 0) is 55.8 Å². The Morgan fingerprint density at radius 1 is 1.39 bits per heavy atom. The Morgan fingerprint density at radius 2 is 2.28 bits per heavy atom. The average Bonchev–Trinajstić information content (AvgIpc) is 2.89. The number of amides is 1. The van der Waals surface area contributed by atoms with Gasteiger partial charge < -0.3 is 10.6 Å². The summed E-state index contributed by atoms with van der Waals surface area (Å²) in [6.07, 6.45) is 3.76. The van der Waals surface area contributed by atoms with Crippen LogP contribution in [0.5, 0.6) is 0 Å². The lowest BCUT2D eigenvalue weighted by Crippen LogP contribution is -2.39. The summed E-state index contributed by atoms with van der Waals surface area (Å²) in [4.78, 5) is 12.3. The number of carbonyl (C=O) groups excluding carboxylic acids is 1. The van der Waals surface area contributed by atoms with Crippen LogP contribution in [0.15, 0.2) is 24.3 Å². The molecule has 1 aliphatic heterocycles. The van der Waals surface area contributed by atoms with E-state index in [1.54, 1.807) is 0 Å². The smallest absolute Gasteiger partial charge is 0.241 e. The average molecular weight is 244 g/mol. The van der Waals surface area contributed by atoms with Gasteiger partial charge in [0, 0.05) is 5.69 Å². The summed E-state index contributed by atoms with van der Waals surface area (Å²) in [5.41, 5.74) is 2.08. The quantitative estimate of drug-likeness (QED) is 0.838. The van der Waals surface area contributed by atoms with E-state index in [9.17, 15) is 4.79 Å². The van der Waals surface area contributed by atoms with Gasteiger partial charge in [-0.2, -0.15) is 0 Å². The number of nitrogens with one attached hydrogen (secondary N) is 2. The summed E-state index contributed by atoms with van der Waals surface area (Å²) in [7, 11) is 0. The Balaban J connectivity index is 1.68. The van der Waals surface area contributed by atoms with Crippen molar-refractivity contribution in [2.24, 2.45) is 11.8 Å². The molecular weight excluding hydrogens is 224 g/mol. The van der Waals surface area contributed by atoms with E-state index in [-0.39, 0.29) is 11.9 Å². The highest BCUT2D eigenvalue weighted by Gasteiger charge is 2.42. The van der Waals surface area contributed by atoms with Crippen molar-refractivity contribution in [2.75, 3.05) is 11.9 Å². The van der Waals surface area contributed by atoms with Crippen molar-refractivity contribution < 1.29 is 4.79 Å². The third-order valence-electron chi connectivity index (χ3n) is 4.31. The third kappa shape index (κ3) is 2.15. The van der Waals surface area contributed by atoms with Crippen molar-refractivity contribution >= 4 is 11.6 Å². The van der Waals surface area contributed by atoms with Gasteiger partial charge in [-0.25, -0.2) is 0 Å². The minimum Gasteiger partial charge on any atom is -0.325 e. The van der Waals surface area contributed by atoms with Gasteiger partial charge in [-0.1, -0.05) is 18.6 Å². The fourth-order valence-corrected chi connectivity index (χ4v) is 3.42. The number of anilines is 1. The molecule has 0 radical (unpaired) electrons. The van der Waals surface area contributed by atoms with Crippen molar-refractivity contribution in [2.45, 2.75) is 32.2 Å². The molecule has 18 heavy (non-hydrogen) atoms. The van der Waals surface area contributed by atoms with Crippen molar-refractivity contribution in [3.8, 4) is 0 Å². The van der Waals surface area contributed by atoms with Crippen LogP contribution in [0.4, 0.5) is 5.69 Å². The van der Waals surface area contributed by atoms with Crippen LogP contribution in [-0.4, -0.2) is 18.5 Å². The van der Waals surface area contributed by atoms with Crippen LogP contribution in [0.1, 0.15) is 24.8 Å². The summed E-state index contributed by atoms with van der Waals surface area (Å²) >= 11 is 0. The maximum absolute atomic E-state index is 12.3. The number of carbonyl (C=O) groups is 1. The van der Waals surface area contributed by atoms with E-state index >= 15 is 0 Å². The summed E-state index contributed by atoms with van der Waals surface area (Å²) < 4.78 is 0. The van der Waals surface area contributed by atoms with Crippen LogP contribution in [0.25, 0.3) is 0 Å². The molecule has 1 saturated heterocycles. The lowest BCUT2D eigenvalue weighted by Gasteiger charge is -2.17. The normalized spacial score (nSPS) is 30.2. The number of rotatable bonds is 2. The van der Waals surface area contributed by atoms with E-state index in [1.165, 1.54) is 24.8 Å². The largest absolute Gasteiger partial charge is 0.325 e. The number of fused-ring (bicyclic) bond motifs is 1. The molecule has 2 N–H and O–H groups in total. The minimum atomic E-state index is 0.0120. The second-order valence-corrected chi connectivity index (χ2v) is 5.60. The number of benzene rings is 1. The fourth-order valence-electron chi connectivity index (χ4n) is 3.42. The Morgan fingerprint density at radius 3 is 3.11 bits per heavy atom. The van der Waals surface area contributed by atoms with Crippen LogP contribution in [0, 0.1) is 18.8 Å². The molecular formula is C15H20N2O. The molecule has 1 aromatic rings. The maximum atomic E-state index is 12.3. The van der Waals surface area contributed by atoms with Crippen LogP contribution in [-0.2, 0) is 4.79 Å². The Bertz CT molecular complexity index is 458. The van der Waals surface area contributed by atoms with Crippen molar-refractivity contribution in [3.63, 3.8) is 0 Å². The molecule has 1 saturated carbocycles. The highest BCUT2D eigenvalue weighted by atomic mass is 16.2. The van der Waals surface area contributed by atoms with Crippen LogP contribution in [0.3, 0.4) is 0 Å². The molecule has 0 bridgehead atoms. The summed E-state index contributed by atoms with van der Waals surface area (Å²) in [5, 5.41) is 6.42. The van der Waals surface area contributed by atoms with Gasteiger partial charge in [0.1, 0.15) is 0 Å². The first kappa shape index (κ1) is 11.7. The Hall–Kier alpha value is -1.35. The van der Waals surface area contributed by atoms with E-state index in [0.29, 0.717) is 5.92 Å². The lowest BCUT2D eigenvalue weighted by atomic mass is 9.93. The molecule has 0 spiro atoms. The maximum Gasteiger partial charge on any atom is 0.241 e. The summed E-state index contributed by atoms with van der Waals surface area (Å²) in [6.45, 7) is 3.05. The van der Waals surface area contributed by atoms with E-state index < -0.39 is 0 Å². The summed E-state index contributed by atoms with van der Waals surface area (Å²) in [6, 6.07) is 7.99. The monoisotopic (exact) mass is 244 g/mol. The zero-order chi connectivity index (χ0) is 12.5. The van der Waals surface area contributed by atoms with Crippen LogP contribution < -0.4 is 10.6 Å². The van der Waals surface area contributed by atoms with Crippen molar-refractivity contribution in [1.29, 1.82) is 0 Å². The molecule has 3 rings (SSSR count). The zero-order valence-corrected chi connectivity index (χ0v) is 10.8. The zero-order valence-electron chi connectivity index (χ0n) is 10.8. The first-order chi connectivity index (χ1) is 8.74. The van der Waals surface area contributed by atoms with Gasteiger partial charge in [0.05, 0.1) is 6.04 Å². The van der Waals surface area contributed by atoms with Gasteiger partial charge in [0.25, 0.3) is 0 Å². The Kier molecular flexibility index (Phi) is 3.08. The molecule has 3 heteroatoms. The molecule has 1 aromatic carbocycles. The van der Waals surface area contributed by atoms with Gasteiger partial charge in [0.15, 0.2) is 0 Å². The molecule has 1 heterocycles.